The van der Waals surface area contributed by atoms with Crippen LogP contribution in [0.1, 0.15) is 95.9 Å². The molecule has 5 heteroatoms. The largest absolute Gasteiger partial charge is 0.299 e. The number of carbonyl (C=O) groups excluding carboxylic acids is 4. The standard InChI is InChI=1S/2C11H20O2.H4Si/c2*1-10(2,3)8(12)7-9(13)11(4,5)6;/h2*7H2,1-6H3;1H4. The first-order valence-corrected chi connectivity index (χ1v) is 9.23. The van der Waals surface area contributed by atoms with Crippen molar-refractivity contribution in [2.45, 2.75) is 95.9 Å². The highest BCUT2D eigenvalue weighted by atomic mass is 28.1. The van der Waals surface area contributed by atoms with Crippen LogP contribution in [-0.2, 0) is 19.2 Å². The number of Topliss-reactive ketones (excluding diaryl/α,β-unsaturated/α-hetero) is 4. The molecule has 0 spiro atoms. The van der Waals surface area contributed by atoms with Gasteiger partial charge in [0.25, 0.3) is 0 Å². The van der Waals surface area contributed by atoms with Gasteiger partial charge in [-0.1, -0.05) is 83.1 Å². The van der Waals surface area contributed by atoms with Crippen LogP contribution in [0.25, 0.3) is 0 Å². The van der Waals surface area contributed by atoms with Crippen LogP contribution < -0.4 is 0 Å². The van der Waals surface area contributed by atoms with Crippen molar-refractivity contribution in [2.75, 3.05) is 0 Å². The molecule has 27 heavy (non-hydrogen) atoms. The summed E-state index contributed by atoms with van der Waals surface area (Å²) in [5.41, 5.74) is -1.61. The van der Waals surface area contributed by atoms with Crippen LogP contribution in [0, 0.1) is 21.7 Å². The summed E-state index contributed by atoms with van der Waals surface area (Å²) < 4.78 is 0. The van der Waals surface area contributed by atoms with Crippen LogP contribution in [0.3, 0.4) is 0 Å². The van der Waals surface area contributed by atoms with E-state index in [0.717, 1.165) is 0 Å². The van der Waals surface area contributed by atoms with Crippen molar-refractivity contribution < 1.29 is 19.2 Å². The molecule has 0 aromatic heterocycles. The van der Waals surface area contributed by atoms with E-state index >= 15 is 0 Å². The molecule has 0 aliphatic rings. The highest BCUT2D eigenvalue weighted by molar-refractivity contribution is 6.03. The fourth-order valence-corrected chi connectivity index (χ4v) is 1.35. The second kappa shape index (κ2) is 10.4. The Hall–Kier alpha value is -1.10. The monoisotopic (exact) mass is 400 g/mol. The molecule has 0 atom stereocenters. The van der Waals surface area contributed by atoms with Gasteiger partial charge < -0.3 is 0 Å². The third kappa shape index (κ3) is 13.7. The third-order valence-corrected chi connectivity index (χ3v) is 3.99. The molecular weight excluding hydrogens is 356 g/mol. The lowest BCUT2D eigenvalue weighted by molar-refractivity contribution is -0.136. The summed E-state index contributed by atoms with van der Waals surface area (Å²) in [7, 11) is 0. The van der Waals surface area contributed by atoms with E-state index in [0.29, 0.717) is 0 Å². The van der Waals surface area contributed by atoms with Crippen LogP contribution in [0.15, 0.2) is 0 Å². The van der Waals surface area contributed by atoms with Gasteiger partial charge in [0.1, 0.15) is 23.1 Å². The smallest absolute Gasteiger partial charge is 0.145 e. The summed E-state index contributed by atoms with van der Waals surface area (Å²) >= 11 is 0. The van der Waals surface area contributed by atoms with Crippen LogP contribution in [0.4, 0.5) is 0 Å². The Morgan fingerprint density at radius 3 is 0.593 bits per heavy atom. The summed E-state index contributed by atoms with van der Waals surface area (Å²) in [6.45, 7) is 22.1. The molecule has 0 aliphatic carbocycles. The van der Waals surface area contributed by atoms with E-state index < -0.39 is 21.7 Å². The summed E-state index contributed by atoms with van der Waals surface area (Å²) in [5.74, 6) is 0.0831. The van der Waals surface area contributed by atoms with Crippen LogP contribution >= 0.6 is 0 Å². The van der Waals surface area contributed by atoms with Gasteiger partial charge in [0, 0.05) is 21.7 Å². The van der Waals surface area contributed by atoms with E-state index in [1.807, 2.05) is 83.1 Å². The molecule has 0 radical (unpaired) electrons. The Morgan fingerprint density at radius 2 is 0.519 bits per heavy atom. The molecule has 160 valence electrons. The first-order chi connectivity index (χ1) is 11.1. The molecule has 0 aromatic carbocycles. The van der Waals surface area contributed by atoms with Crippen LogP contribution in [0.5, 0.6) is 0 Å². The predicted octanol–water partition coefficient (Wildman–Crippen LogP) is 3.76. The Labute approximate surface area is 171 Å². The molecule has 0 aliphatic heterocycles. The average Bonchev–Trinajstić information content (AvgIpc) is 2.34. The van der Waals surface area contributed by atoms with E-state index in [-0.39, 0.29) is 46.9 Å². The van der Waals surface area contributed by atoms with Gasteiger partial charge in [-0.2, -0.15) is 0 Å². The molecule has 0 saturated heterocycles. The van der Waals surface area contributed by atoms with Crippen LogP contribution in [-0.4, -0.2) is 34.1 Å². The molecule has 0 N–H and O–H groups in total. The van der Waals surface area contributed by atoms with Gasteiger partial charge in [0.2, 0.25) is 0 Å². The molecule has 0 rings (SSSR count). The highest BCUT2D eigenvalue weighted by Gasteiger charge is 2.29. The van der Waals surface area contributed by atoms with Gasteiger partial charge in [-0.05, 0) is 11.0 Å². The summed E-state index contributed by atoms with van der Waals surface area (Å²) in [4.78, 5) is 46.0. The third-order valence-electron chi connectivity index (χ3n) is 3.99. The predicted molar refractivity (Wildman–Crippen MR) is 118 cm³/mol. The maximum absolute atomic E-state index is 11.5. The second-order valence-corrected chi connectivity index (χ2v) is 11.0. The second-order valence-electron chi connectivity index (χ2n) is 11.0. The highest BCUT2D eigenvalue weighted by Crippen LogP contribution is 2.23. The maximum Gasteiger partial charge on any atom is 0.145 e. The Bertz CT molecular complexity index is 435. The molecule has 0 unspecified atom stereocenters. The Kier molecular flexibility index (Phi) is 11.8. The lowest BCUT2D eigenvalue weighted by atomic mass is 9.82. The first kappa shape index (κ1) is 30.6. The van der Waals surface area contributed by atoms with E-state index in [2.05, 4.69) is 0 Å². The molecule has 0 aromatic rings. The lowest BCUT2D eigenvalue weighted by Crippen LogP contribution is -2.28. The van der Waals surface area contributed by atoms with Gasteiger partial charge in [-0.3, -0.25) is 19.2 Å². The van der Waals surface area contributed by atoms with E-state index in [4.69, 9.17) is 0 Å². The van der Waals surface area contributed by atoms with Crippen LogP contribution in [0.2, 0.25) is 0 Å². The summed E-state index contributed by atoms with van der Waals surface area (Å²) in [6, 6.07) is 0. The minimum Gasteiger partial charge on any atom is -0.299 e. The molecule has 0 heterocycles. The number of hydrogen-bond acceptors (Lipinski definition) is 4. The van der Waals surface area contributed by atoms with Crippen molar-refractivity contribution >= 4 is 34.1 Å². The Balaban J connectivity index is -0.000000411. The Morgan fingerprint density at radius 1 is 0.407 bits per heavy atom. The van der Waals surface area contributed by atoms with E-state index in [9.17, 15) is 19.2 Å². The minimum absolute atomic E-state index is 0. The topological polar surface area (TPSA) is 68.3 Å². The first-order valence-electron chi connectivity index (χ1n) is 9.23. The SMILES string of the molecule is CC(C)(C)C(=O)CC(=O)C(C)(C)C.CC(C)(C)C(=O)CC(=O)C(C)(C)C.[SiH4]. The minimum atomic E-state index is -0.402. The molecule has 0 saturated carbocycles. The van der Waals surface area contributed by atoms with Crippen molar-refractivity contribution in [3.63, 3.8) is 0 Å². The molecule has 0 amide bonds. The number of rotatable bonds is 4. The van der Waals surface area contributed by atoms with Crippen molar-refractivity contribution in [3.8, 4) is 0 Å². The fourth-order valence-electron chi connectivity index (χ4n) is 1.35. The molecule has 0 bridgehead atoms. The van der Waals surface area contributed by atoms with E-state index in [1.54, 1.807) is 0 Å². The average molecular weight is 401 g/mol. The zero-order valence-corrected chi connectivity index (χ0v) is 19.0. The van der Waals surface area contributed by atoms with Gasteiger partial charge in [-0.25, -0.2) is 0 Å². The summed E-state index contributed by atoms with van der Waals surface area (Å²) in [6.07, 6.45) is 0.125. The number of hydrogen-bond donors (Lipinski definition) is 0. The fraction of sp³-hybridized carbons (Fsp3) is 0.818. The van der Waals surface area contributed by atoms with Gasteiger partial charge >= 0.3 is 0 Å². The zero-order chi connectivity index (χ0) is 21.7. The number of carbonyl (C=O) groups is 4. The van der Waals surface area contributed by atoms with Gasteiger partial charge in [0.05, 0.1) is 12.8 Å². The van der Waals surface area contributed by atoms with E-state index in [1.165, 1.54) is 0 Å². The van der Waals surface area contributed by atoms with Gasteiger partial charge in [0.15, 0.2) is 0 Å². The normalized spacial score (nSPS) is 12.3. The molecule has 4 nitrogen and oxygen atoms in total. The van der Waals surface area contributed by atoms with Crippen molar-refractivity contribution in [1.82, 2.24) is 0 Å². The maximum atomic E-state index is 11.5. The molecule has 0 fully saturated rings. The zero-order valence-electron chi connectivity index (χ0n) is 19.0. The number of ketones is 4. The van der Waals surface area contributed by atoms with Crippen molar-refractivity contribution in [2.24, 2.45) is 21.7 Å². The van der Waals surface area contributed by atoms with Crippen molar-refractivity contribution in [1.29, 1.82) is 0 Å². The quantitative estimate of drug-likeness (QED) is 0.532. The van der Waals surface area contributed by atoms with Crippen molar-refractivity contribution in [3.05, 3.63) is 0 Å². The summed E-state index contributed by atoms with van der Waals surface area (Å²) in [5, 5.41) is 0. The molecular formula is C22H44O4Si. The lowest BCUT2D eigenvalue weighted by Gasteiger charge is -2.20. The van der Waals surface area contributed by atoms with Gasteiger partial charge in [-0.15, -0.1) is 0 Å².